The third kappa shape index (κ3) is 1.83. The number of ketones is 1. The second kappa shape index (κ2) is 4.67. The molecule has 0 aromatic heterocycles. The summed E-state index contributed by atoms with van der Waals surface area (Å²) < 4.78 is 0. The van der Waals surface area contributed by atoms with E-state index in [0.717, 1.165) is 12.8 Å². The topological polar surface area (TPSA) is 17.1 Å². The van der Waals surface area contributed by atoms with Gasteiger partial charge in [0.15, 0.2) is 0 Å². The van der Waals surface area contributed by atoms with Gasteiger partial charge in [-0.15, -0.1) is 0 Å². The molecule has 3 aliphatic rings. The zero-order chi connectivity index (χ0) is 15.4. The van der Waals surface area contributed by atoms with Crippen LogP contribution < -0.4 is 0 Å². The van der Waals surface area contributed by atoms with Gasteiger partial charge in [-0.1, -0.05) is 60.7 Å². The third-order valence-electron chi connectivity index (χ3n) is 6.26. The number of Topliss-reactive ketones (excluding diaryl/α,β-unsaturated/α-hetero) is 1. The number of rotatable bonds is 1. The first-order chi connectivity index (χ1) is 11.3. The minimum absolute atomic E-state index is 0.114. The third-order valence-corrected chi connectivity index (χ3v) is 6.26. The highest BCUT2D eigenvalue weighted by Gasteiger charge is 2.54. The number of benzene rings is 2. The van der Waals surface area contributed by atoms with E-state index < -0.39 is 0 Å². The molecule has 5 rings (SSSR count). The Morgan fingerprint density at radius 2 is 1.83 bits per heavy atom. The van der Waals surface area contributed by atoms with Crippen molar-refractivity contribution in [3.05, 3.63) is 71.8 Å². The second-order valence-electron chi connectivity index (χ2n) is 7.43. The van der Waals surface area contributed by atoms with Crippen LogP contribution in [0.1, 0.15) is 24.0 Å². The van der Waals surface area contributed by atoms with Gasteiger partial charge in [-0.3, -0.25) is 4.79 Å². The highest BCUT2D eigenvalue weighted by Crippen LogP contribution is 2.57. The summed E-state index contributed by atoms with van der Waals surface area (Å²) >= 11 is 0. The number of allylic oxidation sites excluding steroid dienone is 2. The smallest absolute Gasteiger partial charge is 0.144 e. The highest BCUT2D eigenvalue weighted by atomic mass is 16.1. The molecule has 1 saturated carbocycles. The van der Waals surface area contributed by atoms with Crippen molar-refractivity contribution >= 4 is 5.78 Å². The molecule has 3 atom stereocenters. The van der Waals surface area contributed by atoms with Crippen LogP contribution in [0.4, 0.5) is 0 Å². The first-order valence-corrected chi connectivity index (χ1v) is 8.64. The lowest BCUT2D eigenvalue weighted by atomic mass is 9.63. The fourth-order valence-corrected chi connectivity index (χ4v) is 5.14. The first kappa shape index (κ1) is 13.3. The first-order valence-electron chi connectivity index (χ1n) is 8.64. The molecule has 2 bridgehead atoms. The number of carbonyl (C=O) groups is 1. The van der Waals surface area contributed by atoms with Gasteiger partial charge in [0.1, 0.15) is 5.78 Å². The summed E-state index contributed by atoms with van der Waals surface area (Å²) in [7, 11) is 0. The summed E-state index contributed by atoms with van der Waals surface area (Å²) in [4.78, 5) is 13.0. The predicted molar refractivity (Wildman–Crippen MR) is 92.1 cm³/mol. The average Bonchev–Trinajstić information content (AvgIpc) is 3.18. The van der Waals surface area contributed by atoms with Crippen molar-refractivity contribution in [2.75, 3.05) is 0 Å². The van der Waals surface area contributed by atoms with Crippen LogP contribution in [0.25, 0.3) is 11.1 Å². The molecule has 1 fully saturated rings. The van der Waals surface area contributed by atoms with Crippen LogP contribution >= 0.6 is 0 Å². The molecule has 0 radical (unpaired) electrons. The Hall–Kier alpha value is -2.15. The fraction of sp³-hybridized carbons (Fsp3) is 0.318. The van der Waals surface area contributed by atoms with Crippen LogP contribution in [0.15, 0.2) is 60.7 Å². The van der Waals surface area contributed by atoms with E-state index in [9.17, 15) is 4.79 Å². The summed E-state index contributed by atoms with van der Waals surface area (Å²) in [6.07, 6.45) is 8.46. The zero-order valence-electron chi connectivity index (χ0n) is 13.2. The van der Waals surface area contributed by atoms with Crippen LogP contribution in [0.5, 0.6) is 0 Å². The lowest BCUT2D eigenvalue weighted by molar-refractivity contribution is -0.130. The maximum atomic E-state index is 13.0. The Morgan fingerprint density at radius 3 is 2.57 bits per heavy atom. The van der Waals surface area contributed by atoms with Gasteiger partial charge in [-0.05, 0) is 53.4 Å². The van der Waals surface area contributed by atoms with Gasteiger partial charge in [0, 0.05) is 11.8 Å². The quantitative estimate of drug-likeness (QED) is 0.703. The molecule has 3 unspecified atom stereocenters. The lowest BCUT2D eigenvalue weighted by Gasteiger charge is -2.39. The zero-order valence-corrected chi connectivity index (χ0v) is 13.2. The molecule has 0 saturated heterocycles. The second-order valence-corrected chi connectivity index (χ2v) is 7.43. The van der Waals surface area contributed by atoms with Gasteiger partial charge in [0.25, 0.3) is 0 Å². The summed E-state index contributed by atoms with van der Waals surface area (Å²) in [5.41, 5.74) is 5.14. The molecule has 0 N–H and O–H groups in total. The van der Waals surface area contributed by atoms with Crippen molar-refractivity contribution in [3.63, 3.8) is 0 Å². The van der Waals surface area contributed by atoms with Crippen molar-refractivity contribution < 1.29 is 4.79 Å². The Balaban J connectivity index is 1.65. The summed E-state index contributed by atoms with van der Waals surface area (Å²) in [6, 6.07) is 17.1. The van der Waals surface area contributed by atoms with Crippen molar-refractivity contribution in [2.45, 2.75) is 25.7 Å². The molecule has 23 heavy (non-hydrogen) atoms. The summed E-state index contributed by atoms with van der Waals surface area (Å²) in [6.45, 7) is 0. The molecule has 1 nitrogen and oxygen atoms in total. The van der Waals surface area contributed by atoms with E-state index in [1.165, 1.54) is 28.7 Å². The number of fused-ring (bicyclic) bond motifs is 4. The monoisotopic (exact) mass is 300 g/mol. The Labute approximate surface area is 137 Å². The van der Waals surface area contributed by atoms with E-state index in [-0.39, 0.29) is 5.41 Å². The Kier molecular flexibility index (Phi) is 2.70. The molecule has 0 amide bonds. The summed E-state index contributed by atoms with van der Waals surface area (Å²) in [5.74, 6) is 1.58. The average molecular weight is 300 g/mol. The molecule has 2 aromatic rings. The molecule has 114 valence electrons. The molecule has 0 heterocycles. The van der Waals surface area contributed by atoms with Crippen molar-refractivity contribution in [2.24, 2.45) is 17.3 Å². The van der Waals surface area contributed by atoms with Crippen LogP contribution in [0.3, 0.4) is 0 Å². The minimum atomic E-state index is -0.114. The van der Waals surface area contributed by atoms with Gasteiger partial charge in [-0.2, -0.15) is 0 Å². The van der Waals surface area contributed by atoms with E-state index >= 15 is 0 Å². The Morgan fingerprint density at radius 1 is 0.957 bits per heavy atom. The molecular weight excluding hydrogens is 280 g/mol. The maximum absolute atomic E-state index is 13.0. The van der Waals surface area contributed by atoms with E-state index in [0.29, 0.717) is 24.0 Å². The van der Waals surface area contributed by atoms with Crippen LogP contribution in [0.2, 0.25) is 0 Å². The van der Waals surface area contributed by atoms with Crippen molar-refractivity contribution in [1.29, 1.82) is 0 Å². The maximum Gasteiger partial charge on any atom is 0.144 e. The van der Waals surface area contributed by atoms with Crippen molar-refractivity contribution in [1.82, 2.24) is 0 Å². The van der Waals surface area contributed by atoms with Gasteiger partial charge in [-0.25, -0.2) is 0 Å². The number of hydrogen-bond acceptors (Lipinski definition) is 1. The normalized spacial score (nSPS) is 30.9. The fourth-order valence-electron chi connectivity index (χ4n) is 5.14. The number of carbonyl (C=O) groups excluding carboxylic acids is 1. The minimum Gasteiger partial charge on any atom is -0.299 e. The highest BCUT2D eigenvalue weighted by molar-refractivity contribution is 5.91. The lowest BCUT2D eigenvalue weighted by Crippen LogP contribution is -2.42. The molecule has 1 heteroatoms. The molecule has 1 spiro atoms. The molecular formula is C22H20O. The predicted octanol–water partition coefficient (Wildman–Crippen LogP) is 4.60. The largest absolute Gasteiger partial charge is 0.299 e. The van der Waals surface area contributed by atoms with E-state index in [2.05, 4.69) is 60.7 Å². The van der Waals surface area contributed by atoms with Crippen LogP contribution in [0, 0.1) is 17.3 Å². The van der Waals surface area contributed by atoms with E-state index in [1.54, 1.807) is 0 Å². The van der Waals surface area contributed by atoms with Crippen LogP contribution in [-0.2, 0) is 17.6 Å². The Bertz CT molecular complexity index is 817. The molecule has 3 aliphatic carbocycles. The van der Waals surface area contributed by atoms with Gasteiger partial charge in [0.2, 0.25) is 0 Å². The molecule has 2 aromatic carbocycles. The summed E-state index contributed by atoms with van der Waals surface area (Å²) in [5, 5.41) is 0. The van der Waals surface area contributed by atoms with Gasteiger partial charge < -0.3 is 0 Å². The van der Waals surface area contributed by atoms with Gasteiger partial charge >= 0.3 is 0 Å². The SMILES string of the molecule is O=C1Cc2cccc(-c3ccccc3)c2CC12CC1C=CC2C1. The van der Waals surface area contributed by atoms with Gasteiger partial charge in [0.05, 0.1) is 0 Å². The van der Waals surface area contributed by atoms with E-state index in [1.807, 2.05) is 0 Å². The standard InChI is InChI=1S/C22H20O/c23-21-12-17-7-4-8-19(16-5-2-1-3-6-16)20(17)14-22(21)13-15-9-10-18(22)11-15/h1-10,15,18H,11-14H2. The molecule has 0 aliphatic heterocycles. The van der Waals surface area contributed by atoms with E-state index in [4.69, 9.17) is 0 Å². The van der Waals surface area contributed by atoms with Crippen LogP contribution in [-0.4, -0.2) is 5.78 Å². The number of hydrogen-bond donors (Lipinski definition) is 0. The van der Waals surface area contributed by atoms with Crippen molar-refractivity contribution in [3.8, 4) is 11.1 Å².